The van der Waals surface area contributed by atoms with Gasteiger partial charge >= 0.3 is 0 Å². The molecule has 0 bridgehead atoms. The largest absolute Gasteiger partial charge is 0.399 e. The first-order valence-corrected chi connectivity index (χ1v) is 7.30. The fourth-order valence-corrected chi connectivity index (χ4v) is 2.39. The highest BCUT2D eigenvalue weighted by molar-refractivity contribution is 5.95. The Labute approximate surface area is 134 Å². The minimum absolute atomic E-state index is 0.246. The summed E-state index contributed by atoms with van der Waals surface area (Å²) in [5.41, 5.74) is 6.33. The van der Waals surface area contributed by atoms with Crippen molar-refractivity contribution in [1.29, 1.82) is 0 Å². The summed E-state index contributed by atoms with van der Waals surface area (Å²) in [6.45, 7) is 5.63. The van der Waals surface area contributed by atoms with Gasteiger partial charge in [-0.05, 0) is 29.7 Å². The molecular formula is C18H20F2N2O. The first-order chi connectivity index (χ1) is 10.7. The van der Waals surface area contributed by atoms with Crippen molar-refractivity contribution < 1.29 is 13.6 Å². The number of nitrogens with two attached hydrogens (primary N) is 1. The van der Waals surface area contributed by atoms with Crippen molar-refractivity contribution in [3.05, 3.63) is 65.2 Å². The van der Waals surface area contributed by atoms with Crippen LogP contribution in [-0.4, -0.2) is 5.91 Å². The Hall–Kier alpha value is -2.43. The van der Waals surface area contributed by atoms with Crippen molar-refractivity contribution in [2.24, 2.45) is 5.41 Å². The van der Waals surface area contributed by atoms with E-state index in [0.717, 1.165) is 6.07 Å². The average molecular weight is 318 g/mol. The van der Waals surface area contributed by atoms with Crippen LogP contribution in [0, 0.1) is 17.0 Å². The summed E-state index contributed by atoms with van der Waals surface area (Å²) in [7, 11) is 0. The molecule has 0 aliphatic carbocycles. The third-order valence-electron chi connectivity index (χ3n) is 3.56. The summed E-state index contributed by atoms with van der Waals surface area (Å²) in [6.07, 6.45) is 0. The zero-order chi connectivity index (χ0) is 17.2. The van der Waals surface area contributed by atoms with Crippen molar-refractivity contribution in [2.75, 3.05) is 5.73 Å². The van der Waals surface area contributed by atoms with Crippen LogP contribution in [0.5, 0.6) is 0 Å². The number of hydrogen-bond acceptors (Lipinski definition) is 2. The number of halogens is 2. The number of carbonyl (C=O) groups is 1. The molecule has 2 aromatic carbocycles. The highest BCUT2D eigenvalue weighted by Crippen LogP contribution is 2.34. The van der Waals surface area contributed by atoms with E-state index in [1.807, 2.05) is 20.8 Å². The Morgan fingerprint density at radius 1 is 1.13 bits per heavy atom. The SMILES string of the molecule is CC(C)(C)C(NC(=O)c1cccc(N)c1)c1ccc(F)cc1F. The van der Waals surface area contributed by atoms with E-state index >= 15 is 0 Å². The molecule has 1 atom stereocenters. The number of nitrogens with one attached hydrogen (secondary N) is 1. The molecule has 0 radical (unpaired) electrons. The van der Waals surface area contributed by atoms with E-state index in [0.29, 0.717) is 11.3 Å². The van der Waals surface area contributed by atoms with E-state index < -0.39 is 23.1 Å². The molecule has 0 aromatic heterocycles. The number of nitrogen functional groups attached to an aromatic ring is 1. The molecule has 122 valence electrons. The molecule has 0 spiro atoms. The predicted octanol–water partition coefficient (Wildman–Crippen LogP) is 4.06. The van der Waals surface area contributed by atoms with Gasteiger partial charge in [0.2, 0.25) is 0 Å². The summed E-state index contributed by atoms with van der Waals surface area (Å²) in [5, 5.41) is 2.82. The third kappa shape index (κ3) is 4.06. The van der Waals surface area contributed by atoms with Gasteiger partial charge in [0.25, 0.3) is 5.91 Å². The number of rotatable bonds is 3. The highest BCUT2D eigenvalue weighted by Gasteiger charge is 2.30. The van der Waals surface area contributed by atoms with Crippen molar-refractivity contribution in [1.82, 2.24) is 5.32 Å². The molecule has 0 aliphatic heterocycles. The van der Waals surface area contributed by atoms with Gasteiger partial charge in [0, 0.05) is 22.9 Å². The van der Waals surface area contributed by atoms with E-state index in [4.69, 9.17) is 5.73 Å². The lowest BCUT2D eigenvalue weighted by Gasteiger charge is -2.32. The summed E-state index contributed by atoms with van der Waals surface area (Å²) >= 11 is 0. The molecule has 2 rings (SSSR count). The monoisotopic (exact) mass is 318 g/mol. The normalized spacial score (nSPS) is 12.7. The second-order valence-electron chi connectivity index (χ2n) is 6.56. The number of hydrogen-bond donors (Lipinski definition) is 2. The quantitative estimate of drug-likeness (QED) is 0.838. The molecule has 0 saturated heterocycles. The summed E-state index contributed by atoms with van der Waals surface area (Å²) in [4.78, 5) is 12.4. The Balaban J connectivity index is 2.35. The van der Waals surface area contributed by atoms with E-state index in [2.05, 4.69) is 5.32 Å². The minimum atomic E-state index is -0.683. The van der Waals surface area contributed by atoms with E-state index in [9.17, 15) is 13.6 Å². The maximum atomic E-state index is 14.1. The molecule has 1 amide bonds. The zero-order valence-electron chi connectivity index (χ0n) is 13.4. The third-order valence-corrected chi connectivity index (χ3v) is 3.56. The van der Waals surface area contributed by atoms with E-state index in [1.54, 1.807) is 24.3 Å². The van der Waals surface area contributed by atoms with Gasteiger partial charge in [-0.15, -0.1) is 0 Å². The maximum Gasteiger partial charge on any atom is 0.251 e. The molecule has 1 unspecified atom stereocenters. The summed E-state index contributed by atoms with van der Waals surface area (Å²) in [6, 6.07) is 9.29. The molecule has 5 heteroatoms. The van der Waals surface area contributed by atoms with E-state index in [-0.39, 0.29) is 11.5 Å². The van der Waals surface area contributed by atoms with Crippen molar-refractivity contribution in [3.63, 3.8) is 0 Å². The first kappa shape index (κ1) is 16.9. The van der Waals surface area contributed by atoms with Gasteiger partial charge in [-0.25, -0.2) is 8.78 Å². The molecule has 3 nitrogen and oxygen atoms in total. The molecule has 3 N–H and O–H groups in total. The summed E-state index contributed by atoms with van der Waals surface area (Å²) < 4.78 is 27.3. The Bertz CT molecular complexity index is 723. The van der Waals surface area contributed by atoms with Crippen molar-refractivity contribution >= 4 is 11.6 Å². The molecule has 2 aromatic rings. The van der Waals surface area contributed by atoms with Gasteiger partial charge in [0.15, 0.2) is 0 Å². The number of carbonyl (C=O) groups excluding carboxylic acids is 1. The van der Waals surface area contributed by atoms with Gasteiger partial charge in [-0.1, -0.05) is 32.9 Å². The predicted molar refractivity (Wildman–Crippen MR) is 86.9 cm³/mol. The minimum Gasteiger partial charge on any atom is -0.399 e. The molecular weight excluding hydrogens is 298 g/mol. The smallest absolute Gasteiger partial charge is 0.251 e. The van der Waals surface area contributed by atoms with Crippen LogP contribution in [0.3, 0.4) is 0 Å². The van der Waals surface area contributed by atoms with Crippen LogP contribution in [0.4, 0.5) is 14.5 Å². The molecule has 0 heterocycles. The highest BCUT2D eigenvalue weighted by atomic mass is 19.1. The van der Waals surface area contributed by atoms with E-state index in [1.165, 1.54) is 12.1 Å². The zero-order valence-corrected chi connectivity index (χ0v) is 13.4. The second-order valence-corrected chi connectivity index (χ2v) is 6.56. The Morgan fingerprint density at radius 3 is 2.39 bits per heavy atom. The number of benzene rings is 2. The molecule has 0 fully saturated rings. The first-order valence-electron chi connectivity index (χ1n) is 7.30. The summed E-state index contributed by atoms with van der Waals surface area (Å²) in [5.74, 6) is -1.69. The molecule has 0 saturated carbocycles. The van der Waals surface area contributed by atoms with Crippen LogP contribution in [0.15, 0.2) is 42.5 Å². The van der Waals surface area contributed by atoms with Crippen LogP contribution in [-0.2, 0) is 0 Å². The van der Waals surface area contributed by atoms with Crippen molar-refractivity contribution in [3.8, 4) is 0 Å². The van der Waals surface area contributed by atoms with Crippen LogP contribution in [0.2, 0.25) is 0 Å². The van der Waals surface area contributed by atoms with Crippen LogP contribution < -0.4 is 11.1 Å². The maximum absolute atomic E-state index is 14.1. The van der Waals surface area contributed by atoms with Gasteiger partial charge in [0.1, 0.15) is 11.6 Å². The molecule has 23 heavy (non-hydrogen) atoms. The number of anilines is 1. The Morgan fingerprint density at radius 2 is 1.83 bits per heavy atom. The average Bonchev–Trinajstić information content (AvgIpc) is 2.44. The van der Waals surface area contributed by atoms with Gasteiger partial charge in [-0.2, -0.15) is 0 Å². The standard InChI is InChI=1S/C18H20F2N2O/c1-18(2,3)16(14-8-7-12(19)10-15(14)20)22-17(23)11-5-4-6-13(21)9-11/h4-10,16H,21H2,1-3H3,(H,22,23). The number of amides is 1. The van der Waals surface area contributed by atoms with Crippen LogP contribution >= 0.6 is 0 Å². The van der Waals surface area contributed by atoms with Gasteiger partial charge < -0.3 is 11.1 Å². The lowest BCUT2D eigenvalue weighted by molar-refractivity contribution is 0.0900. The van der Waals surface area contributed by atoms with Crippen LogP contribution in [0.1, 0.15) is 42.7 Å². The topological polar surface area (TPSA) is 55.1 Å². The molecule has 0 aliphatic rings. The lowest BCUT2D eigenvalue weighted by Crippen LogP contribution is -2.37. The Kier molecular flexibility index (Phi) is 4.68. The fourth-order valence-electron chi connectivity index (χ4n) is 2.39. The van der Waals surface area contributed by atoms with Crippen LogP contribution in [0.25, 0.3) is 0 Å². The van der Waals surface area contributed by atoms with Crippen molar-refractivity contribution in [2.45, 2.75) is 26.8 Å². The van der Waals surface area contributed by atoms with Gasteiger partial charge in [-0.3, -0.25) is 4.79 Å². The fraction of sp³-hybridized carbons (Fsp3) is 0.278. The second kappa shape index (κ2) is 6.36. The lowest BCUT2D eigenvalue weighted by atomic mass is 9.82. The van der Waals surface area contributed by atoms with Gasteiger partial charge in [0.05, 0.1) is 6.04 Å².